The number of nitrogens with zero attached hydrogens (tertiary/aromatic N) is 3. The fourth-order valence-electron chi connectivity index (χ4n) is 1.85. The highest BCUT2D eigenvalue weighted by molar-refractivity contribution is 9.10. The van der Waals surface area contributed by atoms with Gasteiger partial charge in [-0.05, 0) is 40.2 Å². The first-order valence-electron chi connectivity index (χ1n) is 5.43. The molecule has 86 valence electrons. The zero-order chi connectivity index (χ0) is 12.5. The maximum absolute atomic E-state index is 8.79. The van der Waals surface area contributed by atoms with Gasteiger partial charge in [0.1, 0.15) is 15.9 Å². The standard InChI is InChI=1S/C14H8BrN3/c15-14-13(11-6-4-10(9-16)5-7-11)17-12-3-1-2-8-18(12)14/h1-8H. The van der Waals surface area contributed by atoms with Crippen LogP contribution in [0.4, 0.5) is 0 Å². The van der Waals surface area contributed by atoms with E-state index in [1.165, 1.54) is 0 Å². The van der Waals surface area contributed by atoms with Crippen LogP contribution in [-0.4, -0.2) is 9.38 Å². The highest BCUT2D eigenvalue weighted by Crippen LogP contribution is 2.28. The van der Waals surface area contributed by atoms with Gasteiger partial charge in [0, 0.05) is 11.8 Å². The van der Waals surface area contributed by atoms with Crippen LogP contribution in [0.1, 0.15) is 5.56 Å². The lowest BCUT2D eigenvalue weighted by atomic mass is 10.1. The van der Waals surface area contributed by atoms with Crippen molar-refractivity contribution in [2.75, 3.05) is 0 Å². The summed E-state index contributed by atoms with van der Waals surface area (Å²) < 4.78 is 2.90. The molecule has 3 aromatic rings. The quantitative estimate of drug-likeness (QED) is 0.688. The number of imidazole rings is 1. The van der Waals surface area contributed by atoms with E-state index in [2.05, 4.69) is 27.0 Å². The van der Waals surface area contributed by atoms with Crippen molar-refractivity contribution in [3.63, 3.8) is 0 Å². The maximum Gasteiger partial charge on any atom is 0.138 e. The molecule has 3 rings (SSSR count). The SMILES string of the molecule is N#Cc1ccc(-c2nc3ccccn3c2Br)cc1. The summed E-state index contributed by atoms with van der Waals surface area (Å²) in [4.78, 5) is 4.57. The van der Waals surface area contributed by atoms with E-state index in [4.69, 9.17) is 5.26 Å². The Morgan fingerprint density at radius 1 is 1.11 bits per heavy atom. The molecular formula is C14H8BrN3. The van der Waals surface area contributed by atoms with E-state index in [9.17, 15) is 0 Å². The first kappa shape index (κ1) is 11.0. The van der Waals surface area contributed by atoms with Gasteiger partial charge in [0.2, 0.25) is 0 Å². The fourth-order valence-corrected chi connectivity index (χ4v) is 2.47. The minimum Gasteiger partial charge on any atom is -0.294 e. The molecule has 0 fully saturated rings. The Hall–Kier alpha value is -2.12. The van der Waals surface area contributed by atoms with Crippen molar-refractivity contribution in [2.24, 2.45) is 0 Å². The third kappa shape index (κ3) is 1.69. The molecular weight excluding hydrogens is 290 g/mol. The lowest BCUT2D eigenvalue weighted by Gasteiger charge is -1.98. The molecule has 0 aliphatic heterocycles. The average molecular weight is 298 g/mol. The Morgan fingerprint density at radius 3 is 2.56 bits per heavy atom. The average Bonchev–Trinajstić information content (AvgIpc) is 2.77. The molecule has 0 unspecified atom stereocenters. The summed E-state index contributed by atoms with van der Waals surface area (Å²) >= 11 is 3.56. The lowest BCUT2D eigenvalue weighted by Crippen LogP contribution is -1.82. The molecule has 0 radical (unpaired) electrons. The predicted octanol–water partition coefficient (Wildman–Crippen LogP) is 3.64. The van der Waals surface area contributed by atoms with E-state index >= 15 is 0 Å². The van der Waals surface area contributed by atoms with Crippen LogP contribution < -0.4 is 0 Å². The molecule has 1 aromatic carbocycles. The fraction of sp³-hybridized carbons (Fsp3) is 0. The Bertz CT molecular complexity index is 751. The van der Waals surface area contributed by atoms with Gasteiger partial charge in [0.25, 0.3) is 0 Å². The van der Waals surface area contributed by atoms with Crippen LogP contribution in [0.2, 0.25) is 0 Å². The van der Waals surface area contributed by atoms with Gasteiger partial charge in [-0.25, -0.2) is 4.98 Å². The molecule has 0 aliphatic rings. The van der Waals surface area contributed by atoms with E-state index in [0.29, 0.717) is 5.56 Å². The van der Waals surface area contributed by atoms with Crippen molar-refractivity contribution in [2.45, 2.75) is 0 Å². The van der Waals surface area contributed by atoms with Crippen LogP contribution in [0.3, 0.4) is 0 Å². The summed E-state index contributed by atoms with van der Waals surface area (Å²) in [5.41, 5.74) is 3.41. The monoisotopic (exact) mass is 297 g/mol. The molecule has 2 heterocycles. The highest BCUT2D eigenvalue weighted by Gasteiger charge is 2.10. The summed E-state index contributed by atoms with van der Waals surface area (Å²) in [6, 6.07) is 15.4. The smallest absolute Gasteiger partial charge is 0.138 e. The Morgan fingerprint density at radius 2 is 1.89 bits per heavy atom. The molecule has 0 saturated heterocycles. The molecule has 0 bridgehead atoms. The number of benzene rings is 1. The summed E-state index contributed by atoms with van der Waals surface area (Å²) in [5.74, 6) is 0. The molecule has 0 spiro atoms. The Labute approximate surface area is 112 Å². The Balaban J connectivity index is 2.19. The van der Waals surface area contributed by atoms with E-state index in [0.717, 1.165) is 21.5 Å². The molecule has 4 heteroatoms. The molecule has 0 atom stereocenters. The third-order valence-electron chi connectivity index (χ3n) is 2.76. The van der Waals surface area contributed by atoms with Gasteiger partial charge in [0.05, 0.1) is 11.6 Å². The van der Waals surface area contributed by atoms with Gasteiger partial charge in [-0.15, -0.1) is 0 Å². The number of hydrogen-bond acceptors (Lipinski definition) is 2. The minimum absolute atomic E-state index is 0.652. The van der Waals surface area contributed by atoms with Crippen molar-refractivity contribution < 1.29 is 0 Å². The molecule has 0 aliphatic carbocycles. The zero-order valence-electron chi connectivity index (χ0n) is 9.34. The molecule has 0 N–H and O–H groups in total. The van der Waals surface area contributed by atoms with Gasteiger partial charge in [-0.2, -0.15) is 5.26 Å². The van der Waals surface area contributed by atoms with Gasteiger partial charge in [-0.3, -0.25) is 4.40 Å². The van der Waals surface area contributed by atoms with Crippen LogP contribution in [-0.2, 0) is 0 Å². The number of fused-ring (bicyclic) bond motifs is 1. The molecule has 2 aromatic heterocycles. The van der Waals surface area contributed by atoms with E-state index in [1.807, 2.05) is 40.9 Å². The van der Waals surface area contributed by atoms with Crippen molar-refractivity contribution in [1.82, 2.24) is 9.38 Å². The minimum atomic E-state index is 0.652. The summed E-state index contributed by atoms with van der Waals surface area (Å²) in [7, 11) is 0. The normalized spacial score (nSPS) is 10.4. The van der Waals surface area contributed by atoms with Crippen LogP contribution in [0.5, 0.6) is 0 Å². The summed E-state index contributed by atoms with van der Waals surface area (Å²) in [5, 5.41) is 8.79. The second-order valence-electron chi connectivity index (χ2n) is 3.87. The van der Waals surface area contributed by atoms with Crippen molar-refractivity contribution >= 4 is 21.6 Å². The first-order valence-corrected chi connectivity index (χ1v) is 6.22. The van der Waals surface area contributed by atoms with Crippen molar-refractivity contribution in [3.8, 4) is 17.3 Å². The van der Waals surface area contributed by atoms with Crippen molar-refractivity contribution in [1.29, 1.82) is 5.26 Å². The number of hydrogen-bond donors (Lipinski definition) is 0. The number of aromatic nitrogens is 2. The number of rotatable bonds is 1. The summed E-state index contributed by atoms with van der Waals surface area (Å²) in [6.07, 6.45) is 1.96. The van der Waals surface area contributed by atoms with E-state index < -0.39 is 0 Å². The topological polar surface area (TPSA) is 41.1 Å². The van der Waals surface area contributed by atoms with Crippen LogP contribution in [0, 0.1) is 11.3 Å². The summed E-state index contributed by atoms with van der Waals surface area (Å²) in [6.45, 7) is 0. The predicted molar refractivity (Wildman–Crippen MR) is 73.0 cm³/mol. The number of nitriles is 1. The molecule has 3 nitrogen and oxygen atoms in total. The van der Waals surface area contributed by atoms with Crippen LogP contribution in [0.15, 0.2) is 53.3 Å². The van der Waals surface area contributed by atoms with Crippen LogP contribution in [0.25, 0.3) is 16.9 Å². The van der Waals surface area contributed by atoms with E-state index in [-0.39, 0.29) is 0 Å². The third-order valence-corrected chi connectivity index (χ3v) is 3.52. The van der Waals surface area contributed by atoms with Gasteiger partial charge >= 0.3 is 0 Å². The number of pyridine rings is 1. The first-order chi connectivity index (χ1) is 8.79. The zero-order valence-corrected chi connectivity index (χ0v) is 10.9. The molecule has 0 amide bonds. The van der Waals surface area contributed by atoms with Crippen LogP contribution >= 0.6 is 15.9 Å². The van der Waals surface area contributed by atoms with Gasteiger partial charge < -0.3 is 0 Å². The Kier molecular flexibility index (Phi) is 2.62. The second kappa shape index (κ2) is 4.28. The van der Waals surface area contributed by atoms with Gasteiger partial charge in [0.15, 0.2) is 0 Å². The second-order valence-corrected chi connectivity index (χ2v) is 4.62. The highest BCUT2D eigenvalue weighted by atomic mass is 79.9. The lowest BCUT2D eigenvalue weighted by molar-refractivity contribution is 1.15. The maximum atomic E-state index is 8.79. The molecule has 18 heavy (non-hydrogen) atoms. The molecule has 0 saturated carbocycles. The van der Waals surface area contributed by atoms with E-state index in [1.54, 1.807) is 12.1 Å². The largest absolute Gasteiger partial charge is 0.294 e. The van der Waals surface area contributed by atoms with Crippen molar-refractivity contribution in [3.05, 3.63) is 58.8 Å². The number of halogens is 1. The van der Waals surface area contributed by atoms with Gasteiger partial charge in [-0.1, -0.05) is 18.2 Å².